The molecule has 4 heterocycles. The zero-order chi connectivity index (χ0) is 57.0. The van der Waals surface area contributed by atoms with Crippen molar-refractivity contribution in [1.29, 1.82) is 0 Å². The second-order valence-corrected chi connectivity index (χ2v) is 30.8. The zero-order valence-corrected chi connectivity index (χ0v) is 51.9. The highest BCUT2D eigenvalue weighted by Gasteiger charge is 2.50. The monoisotopic (exact) mass is 1080 g/mol. The predicted octanol–water partition coefficient (Wildman–Crippen LogP) is 19.3. The lowest BCUT2D eigenvalue weighted by Gasteiger charge is -2.46. The molecule has 9 aromatic rings. The number of benzene rings is 8. The molecule has 2 aliphatic carbocycles. The number of para-hydroxylation sites is 1. The van der Waals surface area contributed by atoms with Crippen molar-refractivity contribution in [1.82, 2.24) is 0 Å². The van der Waals surface area contributed by atoms with Gasteiger partial charge in [0.2, 0.25) is 0 Å². The van der Waals surface area contributed by atoms with Crippen LogP contribution in [0, 0.1) is 6.92 Å². The first-order valence-corrected chi connectivity index (χ1v) is 30.7. The summed E-state index contributed by atoms with van der Waals surface area (Å²) in [6.07, 6.45) is 2.33. The molecule has 14 rings (SSSR count). The summed E-state index contributed by atoms with van der Waals surface area (Å²) < 4.78 is 9.90. The largest absolute Gasteiger partial charge is 0.457 e. The van der Waals surface area contributed by atoms with E-state index in [1.165, 1.54) is 133 Å². The molecule has 0 radical (unpaired) electrons. The Morgan fingerprint density at radius 3 is 1.70 bits per heavy atom. The van der Waals surface area contributed by atoms with Gasteiger partial charge >= 0.3 is 0 Å². The van der Waals surface area contributed by atoms with Crippen LogP contribution in [0.2, 0.25) is 0 Å². The molecule has 0 amide bonds. The first kappa shape index (κ1) is 52.3. The van der Waals surface area contributed by atoms with Crippen LogP contribution in [-0.4, -0.2) is 6.71 Å². The molecule has 81 heavy (non-hydrogen) atoms. The Labute approximate surface area is 487 Å². The molecule has 3 aliphatic heterocycles. The summed E-state index contributed by atoms with van der Waals surface area (Å²) in [5.41, 5.74) is 26.8. The third-order valence-corrected chi connectivity index (χ3v) is 21.6. The van der Waals surface area contributed by atoms with E-state index in [1.54, 1.807) is 0 Å². The van der Waals surface area contributed by atoms with Crippen LogP contribution in [0.4, 0.5) is 34.1 Å². The van der Waals surface area contributed by atoms with E-state index in [2.05, 4.69) is 273 Å². The minimum atomic E-state index is -0.326. The SMILES string of the molecule is Cc1cc2c3c(c1)N(c1ccc4c(c1)C(C)(C)CCC4(C)C)c1c(sc4cc5c(cc14)C(C)(C)c1ccccc1C5(C)C)B3c1cc3c(cc1N2c1ccc(C(C)(C)C)cc1-c1ccc(C(C)(C)C)cc1)Oc1ccccc1C3(C)C. The molecule has 0 unspecified atom stereocenters. The fourth-order valence-corrected chi connectivity index (χ4v) is 16.7. The van der Waals surface area contributed by atoms with E-state index in [-0.39, 0.29) is 44.6 Å². The van der Waals surface area contributed by atoms with Crippen LogP contribution in [0.1, 0.15) is 185 Å². The molecule has 1 aromatic heterocycles. The molecular formula is C76H79BN2OS. The molecule has 0 saturated carbocycles. The normalized spacial score (nSPS) is 18.1. The molecule has 408 valence electrons. The second-order valence-electron chi connectivity index (χ2n) is 29.8. The van der Waals surface area contributed by atoms with Gasteiger partial charge in [-0.25, -0.2) is 0 Å². The van der Waals surface area contributed by atoms with Gasteiger partial charge in [-0.05, 0) is 163 Å². The smallest absolute Gasteiger partial charge is 0.264 e. The van der Waals surface area contributed by atoms with Gasteiger partial charge in [-0.3, -0.25) is 0 Å². The Bertz CT molecular complexity index is 4170. The van der Waals surface area contributed by atoms with E-state index >= 15 is 0 Å². The lowest BCUT2D eigenvalue weighted by Crippen LogP contribution is -2.60. The fourth-order valence-electron chi connectivity index (χ4n) is 15.3. The number of thiophene rings is 1. The first-order valence-electron chi connectivity index (χ1n) is 29.9. The third-order valence-electron chi connectivity index (χ3n) is 20.4. The summed E-state index contributed by atoms with van der Waals surface area (Å²) >= 11 is 2.03. The number of rotatable bonds is 3. The van der Waals surface area contributed by atoms with E-state index in [9.17, 15) is 0 Å². The van der Waals surface area contributed by atoms with Gasteiger partial charge in [-0.2, -0.15) is 0 Å². The van der Waals surface area contributed by atoms with E-state index < -0.39 is 0 Å². The number of ether oxygens (including phenoxy) is 1. The van der Waals surface area contributed by atoms with Gasteiger partial charge in [0.05, 0.1) is 11.4 Å². The topological polar surface area (TPSA) is 15.7 Å². The van der Waals surface area contributed by atoms with Gasteiger partial charge in [0.25, 0.3) is 6.71 Å². The first-order chi connectivity index (χ1) is 38.1. The van der Waals surface area contributed by atoms with E-state index in [0.29, 0.717) is 0 Å². The lowest BCUT2D eigenvalue weighted by molar-refractivity contribution is 0.332. The van der Waals surface area contributed by atoms with E-state index in [4.69, 9.17) is 4.74 Å². The van der Waals surface area contributed by atoms with Gasteiger partial charge in [0.1, 0.15) is 11.5 Å². The molecule has 5 heteroatoms. The van der Waals surface area contributed by atoms with E-state index in [1.807, 2.05) is 11.3 Å². The van der Waals surface area contributed by atoms with Crippen molar-refractivity contribution in [2.75, 3.05) is 9.80 Å². The van der Waals surface area contributed by atoms with Crippen LogP contribution in [-0.2, 0) is 37.9 Å². The van der Waals surface area contributed by atoms with Gasteiger partial charge in [0.15, 0.2) is 0 Å². The number of nitrogens with zero attached hydrogens (tertiary/aromatic N) is 2. The lowest BCUT2D eigenvalue weighted by atomic mass is 9.36. The van der Waals surface area contributed by atoms with Crippen molar-refractivity contribution in [2.24, 2.45) is 0 Å². The highest BCUT2D eigenvalue weighted by Crippen LogP contribution is 2.58. The molecule has 0 atom stereocenters. The Balaban J connectivity index is 1.11. The molecule has 0 fully saturated rings. The van der Waals surface area contributed by atoms with Crippen LogP contribution < -0.4 is 30.2 Å². The maximum absolute atomic E-state index is 7.16. The predicted molar refractivity (Wildman–Crippen MR) is 348 cm³/mol. The molecule has 0 spiro atoms. The standard InChI is InChI=1S/C76H79BN2OS/c1-44-36-62-67-63(37-44)79(60-33-30-47(71(5,6)7)38-49(60)45-26-28-46(29-27-45)70(2,3)4)61-43-65-58(76(16,17)54-24-20-21-25-64(54)80-65)41-59(61)77(67)69-68(78(62)48-31-32-51-55(39-48)73(10,11)35-34-72(51,8)9)50-40-56-57(42-66(50)81-69)75(14,15)53-23-19-18-22-52(53)74(56,12)13/h18-33,36-43H,34-35H2,1-17H3. The summed E-state index contributed by atoms with van der Waals surface area (Å²) in [6, 6.07) is 57.5. The summed E-state index contributed by atoms with van der Waals surface area (Å²) in [7, 11) is 0. The molecule has 8 aromatic carbocycles. The molecular weight excluding hydrogens is 1000 g/mol. The van der Waals surface area contributed by atoms with Gasteiger partial charge in [-0.1, -0.05) is 196 Å². The fraction of sp³-hybridized carbons (Fsp3) is 0.342. The van der Waals surface area contributed by atoms with Gasteiger partial charge in [-0.15, -0.1) is 11.3 Å². The number of hydrogen-bond donors (Lipinski definition) is 0. The Morgan fingerprint density at radius 1 is 0.469 bits per heavy atom. The summed E-state index contributed by atoms with van der Waals surface area (Å²) in [6.45, 7) is 40.7. The number of aryl methyl sites for hydroxylation is 1. The maximum atomic E-state index is 7.16. The van der Waals surface area contributed by atoms with Crippen molar-refractivity contribution in [3.8, 4) is 22.6 Å². The highest BCUT2D eigenvalue weighted by molar-refractivity contribution is 7.33. The van der Waals surface area contributed by atoms with Crippen molar-refractivity contribution >= 4 is 78.0 Å². The molecule has 5 aliphatic rings. The van der Waals surface area contributed by atoms with Crippen molar-refractivity contribution in [3.05, 3.63) is 207 Å². The minimum Gasteiger partial charge on any atom is -0.457 e. The average molecular weight is 1080 g/mol. The van der Waals surface area contributed by atoms with Gasteiger partial charge < -0.3 is 14.5 Å². The number of anilines is 6. The van der Waals surface area contributed by atoms with Crippen LogP contribution in [0.15, 0.2) is 146 Å². The Hall–Kier alpha value is -6.82. The van der Waals surface area contributed by atoms with Crippen LogP contribution in [0.3, 0.4) is 0 Å². The zero-order valence-electron chi connectivity index (χ0n) is 51.1. The average Bonchev–Trinajstić information content (AvgIpc) is 4.03. The molecule has 3 nitrogen and oxygen atoms in total. The summed E-state index contributed by atoms with van der Waals surface area (Å²) in [4.78, 5) is 5.37. The third kappa shape index (κ3) is 7.51. The molecule has 0 saturated heterocycles. The summed E-state index contributed by atoms with van der Waals surface area (Å²) in [5.74, 6) is 1.85. The maximum Gasteiger partial charge on any atom is 0.264 e. The minimum absolute atomic E-state index is 0.0237. The second kappa shape index (κ2) is 16.9. The van der Waals surface area contributed by atoms with Crippen molar-refractivity contribution in [2.45, 2.75) is 168 Å². The Morgan fingerprint density at radius 2 is 1.05 bits per heavy atom. The quantitative estimate of drug-likeness (QED) is 0.164. The van der Waals surface area contributed by atoms with Crippen LogP contribution in [0.5, 0.6) is 11.5 Å². The molecule has 0 N–H and O–H groups in total. The number of hydrogen-bond acceptors (Lipinski definition) is 4. The van der Waals surface area contributed by atoms with Gasteiger partial charge in [0, 0.05) is 76.6 Å². The van der Waals surface area contributed by atoms with E-state index in [0.717, 1.165) is 23.6 Å². The van der Waals surface area contributed by atoms with Crippen LogP contribution >= 0.6 is 11.3 Å². The Kier molecular flexibility index (Phi) is 10.9. The number of fused-ring (bicyclic) bond motifs is 11. The molecule has 0 bridgehead atoms. The summed E-state index contributed by atoms with van der Waals surface area (Å²) in [5, 5.41) is 1.33. The van der Waals surface area contributed by atoms with Crippen molar-refractivity contribution in [3.63, 3.8) is 0 Å². The van der Waals surface area contributed by atoms with Crippen molar-refractivity contribution < 1.29 is 4.74 Å². The highest BCUT2D eigenvalue weighted by atomic mass is 32.1. The van der Waals surface area contributed by atoms with Crippen LogP contribution in [0.25, 0.3) is 21.2 Å².